The van der Waals surface area contributed by atoms with Gasteiger partial charge in [0.25, 0.3) is 0 Å². The molecule has 1 heterocycles. The standard InChI is InChI=1S/C19H25BrN2O2/c20-15-8-5-9-17-19(15)16(13-22(17)10-11-23)21-18(24)12-14-6-3-1-2-4-7-14/h5,8-9,13-14,23H,1-4,6-7,10-12H2,(H,21,24). The molecule has 2 aromatic rings. The number of benzene rings is 1. The first-order valence-electron chi connectivity index (χ1n) is 8.87. The highest BCUT2D eigenvalue weighted by molar-refractivity contribution is 9.10. The number of hydrogen-bond donors (Lipinski definition) is 2. The van der Waals surface area contributed by atoms with E-state index < -0.39 is 0 Å². The van der Waals surface area contributed by atoms with Gasteiger partial charge in [-0.25, -0.2) is 0 Å². The van der Waals surface area contributed by atoms with Crippen molar-refractivity contribution in [3.05, 3.63) is 28.9 Å². The Balaban J connectivity index is 1.77. The number of nitrogens with one attached hydrogen (secondary N) is 1. The van der Waals surface area contributed by atoms with E-state index in [1.54, 1.807) is 0 Å². The summed E-state index contributed by atoms with van der Waals surface area (Å²) in [5, 5.41) is 13.4. The van der Waals surface area contributed by atoms with Gasteiger partial charge in [-0.15, -0.1) is 0 Å². The monoisotopic (exact) mass is 392 g/mol. The van der Waals surface area contributed by atoms with E-state index in [9.17, 15) is 9.90 Å². The van der Waals surface area contributed by atoms with Crippen molar-refractivity contribution in [1.29, 1.82) is 0 Å². The molecule has 1 aliphatic rings. The van der Waals surface area contributed by atoms with Gasteiger partial charge in [0.1, 0.15) is 0 Å². The molecule has 0 bridgehead atoms. The maximum absolute atomic E-state index is 12.5. The van der Waals surface area contributed by atoms with E-state index in [0.717, 1.165) is 21.1 Å². The van der Waals surface area contributed by atoms with Crippen molar-refractivity contribution in [3.63, 3.8) is 0 Å². The highest BCUT2D eigenvalue weighted by atomic mass is 79.9. The molecule has 5 heteroatoms. The van der Waals surface area contributed by atoms with Gasteiger partial charge in [-0.05, 0) is 30.9 Å². The first-order chi connectivity index (χ1) is 11.7. The molecule has 2 N–H and O–H groups in total. The Labute approximate surface area is 151 Å². The molecule has 0 unspecified atom stereocenters. The molecule has 1 aliphatic carbocycles. The molecule has 0 saturated heterocycles. The minimum atomic E-state index is 0.0752. The van der Waals surface area contributed by atoms with Crippen LogP contribution in [0.25, 0.3) is 10.9 Å². The number of aromatic nitrogens is 1. The van der Waals surface area contributed by atoms with Crippen molar-refractivity contribution in [2.75, 3.05) is 11.9 Å². The smallest absolute Gasteiger partial charge is 0.224 e. The summed E-state index contributed by atoms with van der Waals surface area (Å²) in [6.07, 6.45) is 9.98. The molecule has 1 fully saturated rings. The van der Waals surface area contributed by atoms with Crippen molar-refractivity contribution in [1.82, 2.24) is 4.57 Å². The number of carbonyl (C=O) groups is 1. The molecule has 1 aromatic heterocycles. The van der Waals surface area contributed by atoms with Crippen LogP contribution in [0.2, 0.25) is 0 Å². The van der Waals surface area contributed by atoms with Crippen LogP contribution < -0.4 is 5.32 Å². The highest BCUT2D eigenvalue weighted by Gasteiger charge is 2.18. The van der Waals surface area contributed by atoms with Gasteiger partial charge in [0.2, 0.25) is 5.91 Å². The molecule has 3 rings (SSSR count). The summed E-state index contributed by atoms with van der Waals surface area (Å²) in [4.78, 5) is 12.5. The van der Waals surface area contributed by atoms with E-state index in [1.807, 2.05) is 29.0 Å². The highest BCUT2D eigenvalue weighted by Crippen LogP contribution is 2.33. The van der Waals surface area contributed by atoms with Gasteiger partial charge in [0.05, 0.1) is 17.8 Å². The number of hydrogen-bond acceptors (Lipinski definition) is 2. The number of nitrogens with zero attached hydrogens (tertiary/aromatic N) is 1. The summed E-state index contributed by atoms with van der Waals surface area (Å²) in [5.74, 6) is 0.613. The van der Waals surface area contributed by atoms with E-state index >= 15 is 0 Å². The van der Waals surface area contributed by atoms with Crippen molar-refractivity contribution < 1.29 is 9.90 Å². The minimum absolute atomic E-state index is 0.0752. The molecule has 24 heavy (non-hydrogen) atoms. The van der Waals surface area contributed by atoms with Crippen LogP contribution in [0.4, 0.5) is 5.69 Å². The number of aliphatic hydroxyl groups excluding tert-OH is 1. The third-order valence-electron chi connectivity index (χ3n) is 4.92. The first kappa shape index (κ1) is 17.5. The SMILES string of the molecule is O=C(CC1CCCCCC1)Nc1cn(CCO)c2cccc(Br)c12. The van der Waals surface area contributed by atoms with E-state index in [4.69, 9.17) is 0 Å². The molecule has 0 aliphatic heterocycles. The quantitative estimate of drug-likeness (QED) is 0.724. The van der Waals surface area contributed by atoms with E-state index in [2.05, 4.69) is 21.2 Å². The lowest BCUT2D eigenvalue weighted by Gasteiger charge is -2.13. The Hall–Kier alpha value is -1.33. The topological polar surface area (TPSA) is 54.3 Å². The van der Waals surface area contributed by atoms with Crippen LogP contribution in [0.15, 0.2) is 28.9 Å². The van der Waals surface area contributed by atoms with Gasteiger partial charge in [-0.3, -0.25) is 4.79 Å². The average molecular weight is 393 g/mol. The van der Waals surface area contributed by atoms with Gasteiger partial charge >= 0.3 is 0 Å². The van der Waals surface area contributed by atoms with E-state index in [0.29, 0.717) is 18.9 Å². The second-order valence-electron chi connectivity index (χ2n) is 6.70. The average Bonchev–Trinajstić information content (AvgIpc) is 2.72. The Bertz CT molecular complexity index is 703. The lowest BCUT2D eigenvalue weighted by atomic mass is 9.96. The van der Waals surface area contributed by atoms with Crippen molar-refractivity contribution >= 4 is 38.4 Å². The molecule has 1 saturated carbocycles. The predicted molar refractivity (Wildman–Crippen MR) is 101 cm³/mol. The molecule has 4 nitrogen and oxygen atoms in total. The zero-order valence-corrected chi connectivity index (χ0v) is 15.5. The molecular formula is C19H25BrN2O2. The van der Waals surface area contributed by atoms with Crippen molar-refractivity contribution in [2.45, 2.75) is 51.5 Å². The Morgan fingerprint density at radius 2 is 2.00 bits per heavy atom. The number of aliphatic hydroxyl groups is 1. The number of rotatable bonds is 5. The van der Waals surface area contributed by atoms with Crippen LogP contribution in [0.5, 0.6) is 0 Å². The number of halogens is 1. The van der Waals surface area contributed by atoms with Crippen LogP contribution in [0.1, 0.15) is 44.9 Å². The fourth-order valence-corrected chi connectivity index (χ4v) is 4.30. The lowest BCUT2D eigenvalue weighted by molar-refractivity contribution is -0.117. The van der Waals surface area contributed by atoms with Gasteiger partial charge in [0.15, 0.2) is 0 Å². The van der Waals surface area contributed by atoms with Crippen LogP contribution in [0.3, 0.4) is 0 Å². The number of carbonyl (C=O) groups excluding carboxylic acids is 1. The summed E-state index contributed by atoms with van der Waals surface area (Å²) >= 11 is 3.58. The second-order valence-corrected chi connectivity index (χ2v) is 7.56. The second kappa shape index (κ2) is 8.17. The zero-order valence-electron chi connectivity index (χ0n) is 13.9. The van der Waals surface area contributed by atoms with Crippen LogP contribution in [-0.4, -0.2) is 22.2 Å². The molecule has 1 amide bonds. The first-order valence-corrected chi connectivity index (χ1v) is 9.66. The molecule has 0 radical (unpaired) electrons. The summed E-state index contributed by atoms with van der Waals surface area (Å²) in [6, 6.07) is 5.96. The van der Waals surface area contributed by atoms with E-state index in [1.165, 1.54) is 38.5 Å². The van der Waals surface area contributed by atoms with Crippen LogP contribution in [0, 0.1) is 5.92 Å². The van der Waals surface area contributed by atoms with Crippen LogP contribution in [-0.2, 0) is 11.3 Å². The summed E-state index contributed by atoms with van der Waals surface area (Å²) < 4.78 is 2.95. The Morgan fingerprint density at radius 1 is 1.25 bits per heavy atom. The minimum Gasteiger partial charge on any atom is -0.395 e. The molecule has 130 valence electrons. The molecule has 0 spiro atoms. The fourth-order valence-electron chi connectivity index (χ4n) is 3.73. The lowest BCUT2D eigenvalue weighted by Crippen LogP contribution is -2.16. The zero-order chi connectivity index (χ0) is 16.9. The van der Waals surface area contributed by atoms with Gasteiger partial charge in [0, 0.05) is 29.0 Å². The normalized spacial score (nSPS) is 16.2. The third-order valence-corrected chi connectivity index (χ3v) is 5.58. The predicted octanol–water partition coefficient (Wildman–Crippen LogP) is 4.70. The number of anilines is 1. The summed E-state index contributed by atoms with van der Waals surface area (Å²) in [7, 11) is 0. The van der Waals surface area contributed by atoms with E-state index in [-0.39, 0.29) is 12.5 Å². The fraction of sp³-hybridized carbons (Fsp3) is 0.526. The number of fused-ring (bicyclic) bond motifs is 1. The maximum atomic E-state index is 12.5. The third kappa shape index (κ3) is 4.01. The number of amides is 1. The van der Waals surface area contributed by atoms with Gasteiger partial charge in [-0.2, -0.15) is 0 Å². The maximum Gasteiger partial charge on any atom is 0.224 e. The molecule has 0 atom stereocenters. The summed E-state index contributed by atoms with van der Waals surface area (Å²) in [5.41, 5.74) is 1.84. The Kier molecular flexibility index (Phi) is 5.95. The Morgan fingerprint density at radius 3 is 2.71 bits per heavy atom. The van der Waals surface area contributed by atoms with Crippen molar-refractivity contribution in [2.24, 2.45) is 5.92 Å². The van der Waals surface area contributed by atoms with Gasteiger partial charge in [-0.1, -0.05) is 47.7 Å². The van der Waals surface area contributed by atoms with Gasteiger partial charge < -0.3 is 15.0 Å². The largest absolute Gasteiger partial charge is 0.395 e. The van der Waals surface area contributed by atoms with Crippen LogP contribution >= 0.6 is 15.9 Å². The summed E-state index contributed by atoms with van der Waals surface area (Å²) in [6.45, 7) is 0.594. The molecule has 1 aromatic carbocycles. The van der Waals surface area contributed by atoms with Crippen molar-refractivity contribution in [3.8, 4) is 0 Å². The molecular weight excluding hydrogens is 368 g/mol.